The molecule has 0 bridgehead atoms. The minimum Gasteiger partial charge on any atom is -0.497 e. The molecule has 3 aliphatic heterocycles. The average molecular weight is 865 g/mol. The predicted octanol–water partition coefficient (Wildman–Crippen LogP) is 7.23. The van der Waals surface area contributed by atoms with Gasteiger partial charge in [-0.2, -0.15) is 0 Å². The Balaban J connectivity index is 1.07. The summed E-state index contributed by atoms with van der Waals surface area (Å²) in [5.41, 5.74) is 2.93. The highest BCUT2D eigenvalue weighted by molar-refractivity contribution is 6.91. The highest BCUT2D eigenvalue weighted by Crippen LogP contribution is 2.60. The number of nitro groups is 1. The second kappa shape index (κ2) is 16.5. The number of carbonyl (C=O) groups excluding carboxylic acids is 2. The van der Waals surface area contributed by atoms with Gasteiger partial charge in [0.1, 0.15) is 11.5 Å². The number of ether oxygens (including phenoxy) is 3. The van der Waals surface area contributed by atoms with Crippen molar-refractivity contribution in [1.82, 2.24) is 15.0 Å². The van der Waals surface area contributed by atoms with Crippen LogP contribution in [-0.4, -0.2) is 71.3 Å². The van der Waals surface area contributed by atoms with E-state index in [0.717, 1.165) is 22.1 Å². The molecule has 15 heteroatoms. The van der Waals surface area contributed by atoms with E-state index in [9.17, 15) is 20.0 Å². The second-order valence-corrected chi connectivity index (χ2v) is 21.7. The van der Waals surface area contributed by atoms with E-state index >= 15 is 4.79 Å². The molecule has 4 heterocycles. The molecule has 322 valence electrons. The molecule has 3 aliphatic rings. The molecule has 5 atom stereocenters. The van der Waals surface area contributed by atoms with Crippen molar-refractivity contribution in [2.75, 3.05) is 30.1 Å². The summed E-state index contributed by atoms with van der Waals surface area (Å²) in [5.74, 6) is 0.132. The van der Waals surface area contributed by atoms with Crippen LogP contribution in [0.4, 0.5) is 22.7 Å². The number of nitrogens with zero attached hydrogens (tertiary/aromatic N) is 6. The van der Waals surface area contributed by atoms with Crippen LogP contribution >= 0.6 is 0 Å². The van der Waals surface area contributed by atoms with E-state index in [4.69, 9.17) is 14.2 Å². The molecule has 5 aromatic carbocycles. The van der Waals surface area contributed by atoms with Gasteiger partial charge in [-0.05, 0) is 65.6 Å². The van der Waals surface area contributed by atoms with E-state index in [1.807, 2.05) is 97.2 Å². The number of amides is 2. The van der Waals surface area contributed by atoms with Gasteiger partial charge in [0.25, 0.3) is 17.5 Å². The summed E-state index contributed by atoms with van der Waals surface area (Å²) < 4.78 is 20.2. The third-order valence-corrected chi connectivity index (χ3v) is 17.6. The van der Waals surface area contributed by atoms with Gasteiger partial charge in [0.15, 0.2) is 12.2 Å². The number of anilines is 3. The van der Waals surface area contributed by atoms with Crippen molar-refractivity contribution in [3.63, 3.8) is 0 Å². The van der Waals surface area contributed by atoms with Crippen molar-refractivity contribution in [3.05, 3.63) is 160 Å². The number of aliphatic hydroxyl groups excluding tert-OH is 1. The summed E-state index contributed by atoms with van der Waals surface area (Å²) in [4.78, 5) is 43.7. The molecule has 0 saturated carbocycles. The van der Waals surface area contributed by atoms with Crippen molar-refractivity contribution in [2.45, 2.75) is 62.7 Å². The van der Waals surface area contributed by atoms with Crippen LogP contribution < -0.4 is 24.5 Å². The summed E-state index contributed by atoms with van der Waals surface area (Å²) in [6, 6.07) is 37.2. The number of aromatic nitrogens is 3. The maximum absolute atomic E-state index is 15.4. The number of methoxy groups -OCH3 is 1. The molecule has 1 aromatic heterocycles. The zero-order valence-electron chi connectivity index (χ0n) is 35.5. The molecule has 63 heavy (non-hydrogen) atoms. The van der Waals surface area contributed by atoms with Gasteiger partial charge in [-0.25, -0.2) is 0 Å². The molecular formula is C48H48N6O8Si. The van der Waals surface area contributed by atoms with E-state index in [1.165, 1.54) is 12.1 Å². The molecule has 6 aromatic rings. The number of fused-ring (bicyclic) bond motifs is 3. The zero-order chi connectivity index (χ0) is 44.0. The predicted molar refractivity (Wildman–Crippen MR) is 239 cm³/mol. The number of para-hydroxylation sites is 2. The van der Waals surface area contributed by atoms with E-state index < -0.39 is 30.6 Å². The number of aliphatic hydroxyl groups is 1. The smallest absolute Gasteiger partial charge is 0.269 e. The number of carbonyl (C=O) groups is 2. The van der Waals surface area contributed by atoms with Gasteiger partial charge in [0, 0.05) is 42.0 Å². The standard InChI is InChI=1S/C48H48N6O8Si/c1-31-46(63(3,4)37-21-19-36(60-2)20-22-37)44(24-25-51-28-40(49-50-51)38(29-55)33-10-6-5-7-11-33)62-48(31)39-26-35(54(58)59)18-23-41(39)52(47(48)57)27-32-14-16-34(17-15-32)53-42-12-8-9-13-43(42)61-30-45(53)56/h5-23,26,28,31,38,44,46,55H,24-25,27,29-30H2,1-4H3/t31-,38?,44+,46-,48+/m1/s1. The van der Waals surface area contributed by atoms with Crippen LogP contribution in [0.1, 0.15) is 41.6 Å². The monoisotopic (exact) mass is 864 g/mol. The molecule has 0 radical (unpaired) electrons. The summed E-state index contributed by atoms with van der Waals surface area (Å²) in [6.45, 7) is 7.00. The van der Waals surface area contributed by atoms with Crippen molar-refractivity contribution in [1.29, 1.82) is 0 Å². The summed E-state index contributed by atoms with van der Waals surface area (Å²) in [6.07, 6.45) is 1.87. The van der Waals surface area contributed by atoms with Crippen LogP contribution in [0.25, 0.3) is 0 Å². The van der Waals surface area contributed by atoms with Gasteiger partial charge >= 0.3 is 0 Å². The van der Waals surface area contributed by atoms with Crippen molar-refractivity contribution >= 4 is 47.8 Å². The number of nitro benzene ring substituents is 1. The Morgan fingerprint density at radius 3 is 2.40 bits per heavy atom. The highest BCUT2D eigenvalue weighted by Gasteiger charge is 2.66. The van der Waals surface area contributed by atoms with Gasteiger partial charge in [0.05, 0.1) is 62.3 Å². The Morgan fingerprint density at radius 2 is 1.68 bits per heavy atom. The lowest BCUT2D eigenvalue weighted by molar-refractivity contribution is -0.385. The van der Waals surface area contributed by atoms with Crippen LogP contribution in [0, 0.1) is 16.0 Å². The molecule has 14 nitrogen and oxygen atoms in total. The fourth-order valence-corrected chi connectivity index (χ4v) is 14.1. The maximum Gasteiger partial charge on any atom is 0.269 e. The number of non-ortho nitro benzene ring substituents is 1. The zero-order valence-corrected chi connectivity index (χ0v) is 36.5. The topological polar surface area (TPSA) is 162 Å². The fourth-order valence-electron chi connectivity index (χ4n) is 10.1. The molecular weight excluding hydrogens is 817 g/mol. The first-order chi connectivity index (χ1) is 30.4. The van der Waals surface area contributed by atoms with E-state index in [-0.39, 0.29) is 48.7 Å². The first kappa shape index (κ1) is 41.7. The molecule has 0 aliphatic carbocycles. The SMILES string of the molecule is COc1ccc([Si](C)(C)[C@H]2[C@H](CCn3cc(C(CO)c4ccccc4)nn3)O[C@@]3(C(=O)N(Cc4ccc(N5C(=O)COc6ccccc65)cc4)c4ccc([N+](=O)[O-])cc43)[C@@H]2C)cc1. The van der Waals surface area contributed by atoms with Crippen molar-refractivity contribution < 1.29 is 33.8 Å². The van der Waals surface area contributed by atoms with Crippen molar-refractivity contribution in [3.8, 4) is 11.5 Å². The number of rotatable bonds is 13. The van der Waals surface area contributed by atoms with Crippen LogP contribution in [0.5, 0.6) is 11.5 Å². The molecule has 1 unspecified atom stereocenters. The minimum atomic E-state index is -2.54. The van der Waals surface area contributed by atoms with E-state index in [2.05, 4.69) is 42.5 Å². The molecule has 1 N–H and O–H groups in total. The minimum absolute atomic E-state index is 0.0807. The lowest BCUT2D eigenvalue weighted by Gasteiger charge is -2.37. The number of hydrogen-bond acceptors (Lipinski definition) is 10. The molecule has 1 saturated heterocycles. The third kappa shape index (κ3) is 7.25. The Kier molecular flexibility index (Phi) is 10.9. The van der Waals surface area contributed by atoms with Gasteiger partial charge < -0.3 is 24.2 Å². The number of hydrogen-bond donors (Lipinski definition) is 1. The van der Waals surface area contributed by atoms with Crippen LogP contribution in [0.15, 0.2) is 128 Å². The first-order valence-corrected chi connectivity index (χ1v) is 24.1. The van der Waals surface area contributed by atoms with E-state index in [1.54, 1.807) is 27.7 Å². The maximum atomic E-state index is 15.4. The Labute approximate surface area is 365 Å². The van der Waals surface area contributed by atoms with Crippen LogP contribution in [0.2, 0.25) is 18.6 Å². The van der Waals surface area contributed by atoms with E-state index in [0.29, 0.717) is 47.0 Å². The van der Waals surface area contributed by atoms with Gasteiger partial charge in [-0.15, -0.1) is 5.10 Å². The fraction of sp³-hybridized carbons (Fsp3) is 0.292. The summed E-state index contributed by atoms with van der Waals surface area (Å²) in [5, 5.41) is 32.7. The lowest BCUT2D eigenvalue weighted by Crippen LogP contribution is -2.51. The Morgan fingerprint density at radius 1 is 0.952 bits per heavy atom. The van der Waals surface area contributed by atoms with Crippen LogP contribution in [-0.2, 0) is 33.0 Å². The Bertz CT molecular complexity index is 2680. The molecule has 2 amide bonds. The van der Waals surface area contributed by atoms with Gasteiger partial charge in [-0.3, -0.25) is 29.3 Å². The second-order valence-electron chi connectivity index (χ2n) is 17.0. The first-order valence-electron chi connectivity index (χ1n) is 21.1. The number of aryl methyl sites for hydroxylation is 1. The lowest BCUT2D eigenvalue weighted by atomic mass is 9.82. The van der Waals surface area contributed by atoms with Crippen molar-refractivity contribution in [2.24, 2.45) is 5.92 Å². The highest BCUT2D eigenvalue weighted by atomic mass is 28.3. The molecule has 1 spiro atoms. The third-order valence-electron chi connectivity index (χ3n) is 13.2. The number of benzene rings is 5. The van der Waals surface area contributed by atoms with Crippen LogP contribution in [0.3, 0.4) is 0 Å². The molecule has 9 rings (SSSR count). The Hall–Kier alpha value is -6.68. The quantitative estimate of drug-likeness (QED) is 0.0713. The summed E-state index contributed by atoms with van der Waals surface area (Å²) >= 11 is 0. The molecule has 1 fully saturated rings. The summed E-state index contributed by atoms with van der Waals surface area (Å²) in [7, 11) is -0.909. The largest absolute Gasteiger partial charge is 0.497 e. The normalized spacial score (nSPS) is 21.0. The van der Waals surface area contributed by atoms with Gasteiger partial charge in [0.2, 0.25) is 0 Å². The average Bonchev–Trinajstić information content (AvgIpc) is 3.96. The van der Waals surface area contributed by atoms with Gasteiger partial charge in [-0.1, -0.05) is 97.1 Å².